The summed E-state index contributed by atoms with van der Waals surface area (Å²) in [5.74, 6) is -0.456. The molecule has 0 aromatic rings. The Bertz CT molecular complexity index is 331. The van der Waals surface area contributed by atoms with Crippen LogP contribution in [0.3, 0.4) is 0 Å². The number of amides is 2. The standard InChI is InChI=1S/C12H21N3O4/c16-11(17)2-1-10-3-4-14(9-10)12(18)13-15-5-7-19-8-6-15/h10H,1-9H2,(H,13,18)(H,16,17). The molecule has 0 bridgehead atoms. The second-order valence-electron chi connectivity index (χ2n) is 5.05. The van der Waals surface area contributed by atoms with E-state index in [9.17, 15) is 9.59 Å². The number of carboxylic acid groups (broad SMARTS) is 1. The molecule has 2 rings (SSSR count). The number of carbonyl (C=O) groups is 2. The fraction of sp³-hybridized carbons (Fsp3) is 0.833. The van der Waals surface area contributed by atoms with Crippen molar-refractivity contribution in [2.24, 2.45) is 5.92 Å². The van der Waals surface area contributed by atoms with Crippen LogP contribution >= 0.6 is 0 Å². The van der Waals surface area contributed by atoms with Gasteiger partial charge in [0.2, 0.25) is 0 Å². The highest BCUT2D eigenvalue weighted by Crippen LogP contribution is 2.20. The molecule has 0 radical (unpaired) electrons. The summed E-state index contributed by atoms with van der Waals surface area (Å²) in [5.41, 5.74) is 2.87. The van der Waals surface area contributed by atoms with Crippen LogP contribution in [0.2, 0.25) is 0 Å². The summed E-state index contributed by atoms with van der Waals surface area (Å²) >= 11 is 0. The molecule has 0 aromatic heterocycles. The Morgan fingerprint density at radius 2 is 2.00 bits per heavy atom. The Kier molecular flexibility index (Phi) is 4.98. The highest BCUT2D eigenvalue weighted by atomic mass is 16.5. The minimum Gasteiger partial charge on any atom is -0.481 e. The van der Waals surface area contributed by atoms with Crippen molar-refractivity contribution in [1.29, 1.82) is 0 Å². The van der Waals surface area contributed by atoms with E-state index in [1.807, 2.05) is 5.01 Å². The third kappa shape index (κ3) is 4.36. The zero-order valence-corrected chi connectivity index (χ0v) is 11.0. The Morgan fingerprint density at radius 1 is 1.26 bits per heavy atom. The van der Waals surface area contributed by atoms with Gasteiger partial charge >= 0.3 is 12.0 Å². The molecule has 7 nitrogen and oxygen atoms in total. The van der Waals surface area contributed by atoms with Gasteiger partial charge in [0, 0.05) is 32.6 Å². The van der Waals surface area contributed by atoms with E-state index in [-0.39, 0.29) is 12.5 Å². The summed E-state index contributed by atoms with van der Waals surface area (Å²) in [4.78, 5) is 24.3. The third-order valence-electron chi connectivity index (χ3n) is 3.60. The SMILES string of the molecule is O=C(O)CCC1CCN(C(=O)NN2CCOCC2)C1. The average molecular weight is 271 g/mol. The summed E-state index contributed by atoms with van der Waals surface area (Å²) < 4.78 is 5.22. The highest BCUT2D eigenvalue weighted by Gasteiger charge is 2.27. The number of nitrogens with zero attached hydrogens (tertiary/aromatic N) is 2. The lowest BCUT2D eigenvalue weighted by Crippen LogP contribution is -2.52. The van der Waals surface area contributed by atoms with E-state index < -0.39 is 5.97 Å². The first-order valence-electron chi connectivity index (χ1n) is 6.75. The van der Waals surface area contributed by atoms with Gasteiger partial charge in [-0.15, -0.1) is 0 Å². The molecular formula is C12H21N3O4. The molecule has 2 aliphatic rings. The van der Waals surface area contributed by atoms with Gasteiger partial charge < -0.3 is 14.7 Å². The molecule has 2 heterocycles. The molecule has 108 valence electrons. The van der Waals surface area contributed by atoms with E-state index in [1.165, 1.54) is 0 Å². The number of rotatable bonds is 4. The van der Waals surface area contributed by atoms with Crippen LogP contribution < -0.4 is 5.43 Å². The monoisotopic (exact) mass is 271 g/mol. The van der Waals surface area contributed by atoms with Crippen LogP contribution in [0.15, 0.2) is 0 Å². The van der Waals surface area contributed by atoms with Gasteiger partial charge in [-0.3, -0.25) is 10.2 Å². The lowest BCUT2D eigenvalue weighted by molar-refractivity contribution is -0.137. The van der Waals surface area contributed by atoms with Crippen LogP contribution in [-0.2, 0) is 9.53 Å². The number of hydrogen-bond donors (Lipinski definition) is 2. The predicted molar refractivity (Wildman–Crippen MR) is 67.5 cm³/mol. The second kappa shape index (κ2) is 6.72. The number of likely N-dealkylation sites (tertiary alicyclic amines) is 1. The highest BCUT2D eigenvalue weighted by molar-refractivity contribution is 5.74. The van der Waals surface area contributed by atoms with E-state index in [4.69, 9.17) is 9.84 Å². The molecule has 0 aromatic carbocycles. The van der Waals surface area contributed by atoms with Gasteiger partial charge in [0.25, 0.3) is 0 Å². The fourth-order valence-corrected chi connectivity index (χ4v) is 2.46. The van der Waals surface area contributed by atoms with Crippen LogP contribution in [0.4, 0.5) is 4.79 Å². The number of carboxylic acids is 1. The van der Waals surface area contributed by atoms with Gasteiger partial charge in [-0.05, 0) is 18.8 Å². The molecule has 0 aliphatic carbocycles. The summed E-state index contributed by atoms with van der Waals surface area (Å²) in [6.07, 6.45) is 1.73. The summed E-state index contributed by atoms with van der Waals surface area (Å²) in [6.45, 7) is 4.07. The third-order valence-corrected chi connectivity index (χ3v) is 3.60. The van der Waals surface area contributed by atoms with Crippen molar-refractivity contribution < 1.29 is 19.4 Å². The molecule has 1 atom stereocenters. The van der Waals surface area contributed by atoms with Crippen LogP contribution in [0.5, 0.6) is 0 Å². The zero-order chi connectivity index (χ0) is 13.7. The van der Waals surface area contributed by atoms with Crippen molar-refractivity contribution in [2.75, 3.05) is 39.4 Å². The Morgan fingerprint density at radius 3 is 2.68 bits per heavy atom. The van der Waals surface area contributed by atoms with Gasteiger partial charge in [-0.1, -0.05) is 0 Å². The summed E-state index contributed by atoms with van der Waals surface area (Å²) in [7, 11) is 0. The van der Waals surface area contributed by atoms with Gasteiger partial charge in [0.1, 0.15) is 0 Å². The Hall–Kier alpha value is -1.34. The smallest absolute Gasteiger partial charge is 0.331 e. The summed E-state index contributed by atoms with van der Waals surface area (Å²) in [6, 6.07) is -0.0836. The number of nitrogens with one attached hydrogen (secondary N) is 1. The van der Waals surface area contributed by atoms with E-state index >= 15 is 0 Å². The Labute approximate surface area is 112 Å². The maximum absolute atomic E-state index is 12.0. The number of ether oxygens (including phenoxy) is 1. The van der Waals surface area contributed by atoms with Gasteiger partial charge in [0.15, 0.2) is 0 Å². The number of carbonyl (C=O) groups excluding carboxylic acids is 1. The first-order chi connectivity index (χ1) is 9.15. The van der Waals surface area contributed by atoms with Crippen molar-refractivity contribution in [2.45, 2.75) is 19.3 Å². The minimum absolute atomic E-state index is 0.0836. The zero-order valence-electron chi connectivity index (χ0n) is 11.0. The van der Waals surface area contributed by atoms with Gasteiger partial charge in [-0.25, -0.2) is 9.80 Å². The quantitative estimate of drug-likeness (QED) is 0.759. The number of aliphatic carboxylic acids is 1. The lowest BCUT2D eigenvalue weighted by atomic mass is 10.0. The number of hydrazine groups is 1. The topological polar surface area (TPSA) is 82.1 Å². The van der Waals surface area contributed by atoms with Crippen molar-refractivity contribution >= 4 is 12.0 Å². The van der Waals surface area contributed by atoms with E-state index in [0.717, 1.165) is 6.42 Å². The fourth-order valence-electron chi connectivity index (χ4n) is 2.46. The predicted octanol–water partition coefficient (Wildman–Crippen LogP) is 0.130. The van der Waals surface area contributed by atoms with E-state index in [2.05, 4.69) is 5.43 Å². The molecular weight excluding hydrogens is 250 g/mol. The molecule has 19 heavy (non-hydrogen) atoms. The van der Waals surface area contributed by atoms with Crippen LogP contribution in [0.1, 0.15) is 19.3 Å². The molecule has 0 saturated carbocycles. The molecule has 7 heteroatoms. The molecule has 2 aliphatic heterocycles. The van der Waals surface area contributed by atoms with Crippen molar-refractivity contribution in [1.82, 2.24) is 15.3 Å². The molecule has 2 amide bonds. The average Bonchev–Trinajstić information content (AvgIpc) is 2.86. The molecule has 2 saturated heterocycles. The second-order valence-corrected chi connectivity index (χ2v) is 5.05. The molecule has 0 spiro atoms. The largest absolute Gasteiger partial charge is 0.481 e. The lowest BCUT2D eigenvalue weighted by Gasteiger charge is -2.29. The van der Waals surface area contributed by atoms with Crippen LogP contribution in [0.25, 0.3) is 0 Å². The molecule has 2 N–H and O–H groups in total. The van der Waals surface area contributed by atoms with Gasteiger partial charge in [0.05, 0.1) is 13.2 Å². The maximum atomic E-state index is 12.0. The molecule has 1 unspecified atom stereocenters. The normalized spacial score (nSPS) is 24.4. The number of urea groups is 1. The van der Waals surface area contributed by atoms with Gasteiger partial charge in [-0.2, -0.15) is 0 Å². The number of morpholine rings is 1. The van der Waals surface area contributed by atoms with E-state index in [1.54, 1.807) is 4.90 Å². The van der Waals surface area contributed by atoms with Crippen LogP contribution in [-0.4, -0.2) is 66.4 Å². The molecule has 2 fully saturated rings. The Balaban J connectivity index is 1.70. The van der Waals surface area contributed by atoms with Crippen molar-refractivity contribution in [3.05, 3.63) is 0 Å². The van der Waals surface area contributed by atoms with E-state index in [0.29, 0.717) is 51.7 Å². The number of hydrogen-bond acceptors (Lipinski definition) is 4. The first kappa shape index (κ1) is 14.1. The minimum atomic E-state index is -0.767. The van der Waals surface area contributed by atoms with Crippen molar-refractivity contribution in [3.63, 3.8) is 0 Å². The first-order valence-corrected chi connectivity index (χ1v) is 6.75. The van der Waals surface area contributed by atoms with Crippen molar-refractivity contribution in [3.8, 4) is 0 Å². The van der Waals surface area contributed by atoms with Crippen LogP contribution in [0, 0.1) is 5.92 Å². The summed E-state index contributed by atoms with van der Waals surface area (Å²) in [5, 5.41) is 10.5. The maximum Gasteiger partial charge on any atom is 0.331 e.